The van der Waals surface area contributed by atoms with E-state index in [9.17, 15) is 14.7 Å². The van der Waals surface area contributed by atoms with Gasteiger partial charge in [-0.2, -0.15) is 0 Å². The van der Waals surface area contributed by atoms with Crippen molar-refractivity contribution in [2.24, 2.45) is 5.73 Å². The van der Waals surface area contributed by atoms with Gasteiger partial charge in [-0.3, -0.25) is 4.79 Å². The predicted molar refractivity (Wildman–Crippen MR) is 208 cm³/mol. The molecule has 0 aliphatic rings. The van der Waals surface area contributed by atoms with E-state index >= 15 is 0 Å². The van der Waals surface area contributed by atoms with Crippen LogP contribution in [-0.4, -0.2) is 17.0 Å². The molecule has 0 radical (unpaired) electrons. The Morgan fingerprint density at radius 3 is 0.896 bits per heavy atom. The summed E-state index contributed by atoms with van der Waals surface area (Å²) in [5.74, 6) is -1.34. The van der Waals surface area contributed by atoms with Crippen LogP contribution in [0.1, 0.15) is 251 Å². The topological polar surface area (TPSA) is 80.4 Å². The van der Waals surface area contributed by atoms with Crippen molar-refractivity contribution in [2.75, 3.05) is 0 Å². The molecule has 0 saturated heterocycles. The first-order valence-corrected chi connectivity index (χ1v) is 21.2. The minimum atomic E-state index is -0.897. The van der Waals surface area contributed by atoms with E-state index in [1.807, 2.05) is 0 Å². The Bertz CT molecular complexity index is 838. The zero-order valence-electron chi connectivity index (χ0n) is 32.0. The number of benzene rings is 1. The van der Waals surface area contributed by atoms with Gasteiger partial charge in [0.2, 0.25) is 5.91 Å². The Kier molecular flexibility index (Phi) is 29.8. The molecule has 4 nitrogen and oxygen atoms in total. The van der Waals surface area contributed by atoms with Gasteiger partial charge in [0.05, 0.1) is 5.56 Å². The zero-order chi connectivity index (χ0) is 34.9. The average molecular weight is 670 g/mol. The highest BCUT2D eigenvalue weighted by molar-refractivity contribution is 5.97. The van der Waals surface area contributed by atoms with Gasteiger partial charge >= 0.3 is 5.97 Å². The second-order valence-electron chi connectivity index (χ2n) is 14.9. The SMILES string of the molecule is CCCCCCCCCCCCCCCCCCc1c(C(N)=O)ccc(C(=O)O)c1CCCCCCCCCCCCCCCCCC. The van der Waals surface area contributed by atoms with Crippen LogP contribution in [-0.2, 0) is 12.8 Å². The standard InChI is InChI=1S/C44H79NO3/c1-3-5-7-9-11-13-15-17-19-21-23-25-27-29-31-33-35-39-40(42(44(47)48)38-37-41(39)43(45)46)36-34-32-30-28-26-24-22-20-18-16-14-12-10-8-6-4-2/h37-38H,3-36H2,1-2H3,(H2,45,46)(H,47,48). The number of nitrogens with two attached hydrogens (primary N) is 1. The van der Waals surface area contributed by atoms with Crippen molar-refractivity contribution in [3.63, 3.8) is 0 Å². The Hall–Kier alpha value is -1.84. The van der Waals surface area contributed by atoms with Gasteiger partial charge in [-0.15, -0.1) is 0 Å². The minimum absolute atomic E-state index is 0.354. The van der Waals surface area contributed by atoms with Crippen LogP contribution in [0.4, 0.5) is 0 Å². The van der Waals surface area contributed by atoms with E-state index in [2.05, 4.69) is 13.8 Å². The van der Waals surface area contributed by atoms with Gasteiger partial charge < -0.3 is 10.8 Å². The molecule has 0 bridgehead atoms. The molecule has 0 aliphatic carbocycles. The van der Waals surface area contributed by atoms with Crippen LogP contribution in [0.3, 0.4) is 0 Å². The lowest BCUT2D eigenvalue weighted by atomic mass is 9.88. The van der Waals surface area contributed by atoms with E-state index in [0.717, 1.165) is 49.7 Å². The van der Waals surface area contributed by atoms with Crippen LogP contribution in [0.2, 0.25) is 0 Å². The third-order valence-electron chi connectivity index (χ3n) is 10.5. The summed E-state index contributed by atoms with van der Waals surface area (Å²) >= 11 is 0. The van der Waals surface area contributed by atoms with E-state index in [1.54, 1.807) is 12.1 Å². The van der Waals surface area contributed by atoms with E-state index in [0.29, 0.717) is 11.1 Å². The predicted octanol–water partition coefficient (Wildman–Crippen LogP) is 14.1. The van der Waals surface area contributed by atoms with Crippen LogP contribution in [0.15, 0.2) is 12.1 Å². The maximum atomic E-state index is 12.3. The summed E-state index contributed by atoms with van der Waals surface area (Å²) in [6.07, 6.45) is 43.7. The first kappa shape index (κ1) is 44.2. The van der Waals surface area contributed by atoms with E-state index in [1.165, 1.54) is 180 Å². The molecule has 1 aromatic rings. The molecule has 4 heteroatoms. The Morgan fingerprint density at radius 2 is 0.646 bits per heavy atom. The van der Waals surface area contributed by atoms with E-state index in [-0.39, 0.29) is 0 Å². The first-order chi connectivity index (χ1) is 23.5. The molecular formula is C44H79NO3. The summed E-state index contributed by atoms with van der Waals surface area (Å²) in [7, 11) is 0. The zero-order valence-corrected chi connectivity index (χ0v) is 32.0. The second kappa shape index (κ2) is 32.4. The van der Waals surface area contributed by atoms with Gasteiger partial charge in [0, 0.05) is 5.56 Å². The van der Waals surface area contributed by atoms with Crippen molar-refractivity contribution in [1.29, 1.82) is 0 Å². The number of hydrogen-bond acceptors (Lipinski definition) is 2. The number of primary amides is 1. The molecule has 1 aromatic carbocycles. The lowest BCUT2D eigenvalue weighted by Gasteiger charge is -2.16. The average Bonchev–Trinajstić information content (AvgIpc) is 3.07. The molecular weight excluding hydrogens is 590 g/mol. The molecule has 278 valence electrons. The molecule has 48 heavy (non-hydrogen) atoms. The maximum absolute atomic E-state index is 12.3. The monoisotopic (exact) mass is 670 g/mol. The minimum Gasteiger partial charge on any atom is -0.478 e. The van der Waals surface area contributed by atoms with Crippen molar-refractivity contribution >= 4 is 11.9 Å². The van der Waals surface area contributed by atoms with Crippen molar-refractivity contribution < 1.29 is 14.7 Å². The summed E-state index contributed by atoms with van der Waals surface area (Å²) in [6.45, 7) is 4.56. The number of unbranched alkanes of at least 4 members (excludes halogenated alkanes) is 30. The van der Waals surface area contributed by atoms with Crippen LogP contribution in [0, 0.1) is 0 Å². The van der Waals surface area contributed by atoms with Gasteiger partial charge in [0.1, 0.15) is 0 Å². The van der Waals surface area contributed by atoms with Crippen LogP contribution >= 0.6 is 0 Å². The summed E-state index contributed by atoms with van der Waals surface area (Å²) in [5, 5.41) is 9.95. The summed E-state index contributed by atoms with van der Waals surface area (Å²) in [6, 6.07) is 3.24. The second-order valence-corrected chi connectivity index (χ2v) is 14.9. The molecule has 0 aromatic heterocycles. The number of hydrogen-bond donors (Lipinski definition) is 2. The van der Waals surface area contributed by atoms with Crippen molar-refractivity contribution in [3.05, 3.63) is 34.4 Å². The molecule has 0 aliphatic heterocycles. The fraction of sp³-hybridized carbons (Fsp3) is 0.818. The van der Waals surface area contributed by atoms with Gasteiger partial charge in [-0.1, -0.05) is 206 Å². The fourth-order valence-corrected chi connectivity index (χ4v) is 7.40. The molecule has 3 N–H and O–H groups in total. The number of carboxylic acids is 1. The Balaban J connectivity index is 2.27. The third kappa shape index (κ3) is 23.5. The molecule has 0 unspecified atom stereocenters. The number of carboxylic acid groups (broad SMARTS) is 1. The number of amides is 1. The number of aromatic carboxylic acids is 1. The molecule has 0 saturated carbocycles. The highest BCUT2D eigenvalue weighted by Gasteiger charge is 2.19. The summed E-state index contributed by atoms with van der Waals surface area (Å²) < 4.78 is 0. The molecule has 0 heterocycles. The van der Waals surface area contributed by atoms with Crippen LogP contribution < -0.4 is 5.73 Å². The van der Waals surface area contributed by atoms with Crippen molar-refractivity contribution in [2.45, 2.75) is 232 Å². The lowest BCUT2D eigenvalue weighted by molar-refractivity contribution is 0.0694. The largest absolute Gasteiger partial charge is 0.478 e. The normalized spacial score (nSPS) is 11.4. The summed E-state index contributed by atoms with van der Waals surface area (Å²) in [4.78, 5) is 24.5. The van der Waals surface area contributed by atoms with E-state index in [4.69, 9.17) is 5.73 Å². The van der Waals surface area contributed by atoms with Gasteiger partial charge in [0.25, 0.3) is 0 Å². The highest BCUT2D eigenvalue weighted by Crippen LogP contribution is 2.25. The van der Waals surface area contributed by atoms with Gasteiger partial charge in [-0.05, 0) is 48.9 Å². The van der Waals surface area contributed by atoms with Crippen molar-refractivity contribution in [3.8, 4) is 0 Å². The number of rotatable bonds is 36. The molecule has 0 atom stereocenters. The van der Waals surface area contributed by atoms with Gasteiger partial charge in [0.15, 0.2) is 0 Å². The van der Waals surface area contributed by atoms with Crippen LogP contribution in [0.25, 0.3) is 0 Å². The Morgan fingerprint density at radius 1 is 0.417 bits per heavy atom. The fourth-order valence-electron chi connectivity index (χ4n) is 7.40. The van der Waals surface area contributed by atoms with Crippen molar-refractivity contribution in [1.82, 2.24) is 0 Å². The third-order valence-corrected chi connectivity index (χ3v) is 10.5. The molecule has 1 rings (SSSR count). The molecule has 1 amide bonds. The summed E-state index contributed by atoms with van der Waals surface area (Å²) in [5.41, 5.74) is 8.40. The molecule has 0 fully saturated rings. The first-order valence-electron chi connectivity index (χ1n) is 21.2. The van der Waals surface area contributed by atoms with Crippen LogP contribution in [0.5, 0.6) is 0 Å². The van der Waals surface area contributed by atoms with Gasteiger partial charge in [-0.25, -0.2) is 4.79 Å². The number of carbonyl (C=O) groups excluding carboxylic acids is 1. The number of carbonyl (C=O) groups is 2. The quantitative estimate of drug-likeness (QED) is 0.0698. The maximum Gasteiger partial charge on any atom is 0.335 e. The smallest absolute Gasteiger partial charge is 0.335 e. The molecule has 0 spiro atoms. The highest BCUT2D eigenvalue weighted by atomic mass is 16.4. The lowest BCUT2D eigenvalue weighted by Crippen LogP contribution is -2.17. The Labute approximate surface area is 298 Å². The van der Waals surface area contributed by atoms with E-state index < -0.39 is 11.9 Å².